The number of amides is 1. The highest BCUT2D eigenvalue weighted by atomic mass is 19.1. The third-order valence-electron chi connectivity index (χ3n) is 3.48. The molecule has 3 N–H and O–H groups in total. The highest BCUT2D eigenvalue weighted by molar-refractivity contribution is 5.81. The van der Waals surface area contributed by atoms with Crippen molar-refractivity contribution in [2.45, 2.75) is 58.7 Å². The van der Waals surface area contributed by atoms with Gasteiger partial charge in [0.05, 0.1) is 0 Å². The highest BCUT2D eigenvalue weighted by Gasteiger charge is 2.23. The van der Waals surface area contributed by atoms with E-state index in [1.807, 2.05) is 20.8 Å². The lowest BCUT2D eigenvalue weighted by Crippen LogP contribution is -2.48. The van der Waals surface area contributed by atoms with Crippen LogP contribution in [-0.4, -0.2) is 17.6 Å². The number of carbonyl (C=O) groups excluding carboxylic acids is 1. The van der Waals surface area contributed by atoms with Gasteiger partial charge in [-0.15, -0.1) is 0 Å². The van der Waals surface area contributed by atoms with Crippen LogP contribution in [0.1, 0.15) is 52.6 Å². The van der Waals surface area contributed by atoms with Crippen LogP contribution in [0.4, 0.5) is 4.39 Å². The predicted molar refractivity (Wildman–Crippen MR) is 81.6 cm³/mol. The van der Waals surface area contributed by atoms with Gasteiger partial charge in [0.1, 0.15) is 11.6 Å². The number of benzene rings is 1. The van der Waals surface area contributed by atoms with Gasteiger partial charge >= 0.3 is 0 Å². The second kappa shape index (κ2) is 6.89. The molecule has 0 saturated heterocycles. The van der Waals surface area contributed by atoms with E-state index in [2.05, 4.69) is 5.32 Å². The minimum absolute atomic E-state index is 0.207. The largest absolute Gasteiger partial charge is 0.481 e. The fourth-order valence-electron chi connectivity index (χ4n) is 1.75. The topological polar surface area (TPSA) is 64.3 Å². The van der Waals surface area contributed by atoms with E-state index in [0.29, 0.717) is 11.3 Å². The van der Waals surface area contributed by atoms with Crippen molar-refractivity contribution in [3.63, 3.8) is 0 Å². The predicted octanol–water partition coefficient (Wildman–Crippen LogP) is 2.92. The molecule has 0 heterocycles. The summed E-state index contributed by atoms with van der Waals surface area (Å²) in [6, 6.07) is 3.75. The Kier molecular flexibility index (Phi) is 5.72. The molecule has 1 unspecified atom stereocenters. The van der Waals surface area contributed by atoms with Gasteiger partial charge in [-0.1, -0.05) is 6.92 Å². The van der Waals surface area contributed by atoms with E-state index in [1.54, 1.807) is 13.8 Å². The molecule has 2 atom stereocenters. The third kappa shape index (κ3) is 5.01. The first-order valence-corrected chi connectivity index (χ1v) is 7.20. The SMILES string of the molecule is CCC(C)(C)NC(=O)C(C)Oc1ccc(F)cc1[C@H](C)N. The Bertz CT molecular complexity index is 501. The van der Waals surface area contributed by atoms with Gasteiger partial charge in [-0.25, -0.2) is 4.39 Å². The van der Waals surface area contributed by atoms with Crippen molar-refractivity contribution in [3.8, 4) is 5.75 Å². The number of halogens is 1. The second-order valence-corrected chi connectivity index (χ2v) is 5.96. The zero-order valence-corrected chi connectivity index (χ0v) is 13.4. The fourth-order valence-corrected chi connectivity index (χ4v) is 1.75. The molecule has 0 aliphatic heterocycles. The molecule has 0 aliphatic rings. The molecule has 21 heavy (non-hydrogen) atoms. The van der Waals surface area contributed by atoms with Crippen molar-refractivity contribution in [1.82, 2.24) is 5.32 Å². The molecule has 0 aromatic heterocycles. The van der Waals surface area contributed by atoms with Crippen LogP contribution in [0, 0.1) is 5.82 Å². The summed E-state index contributed by atoms with van der Waals surface area (Å²) in [7, 11) is 0. The van der Waals surface area contributed by atoms with Crippen molar-refractivity contribution in [2.75, 3.05) is 0 Å². The maximum atomic E-state index is 13.3. The van der Waals surface area contributed by atoms with Crippen molar-refractivity contribution in [3.05, 3.63) is 29.6 Å². The first-order chi connectivity index (χ1) is 9.66. The average molecular weight is 296 g/mol. The number of ether oxygens (including phenoxy) is 1. The molecule has 4 nitrogen and oxygen atoms in total. The van der Waals surface area contributed by atoms with Crippen LogP contribution >= 0.6 is 0 Å². The molecular weight excluding hydrogens is 271 g/mol. The first-order valence-electron chi connectivity index (χ1n) is 7.20. The Labute approximate surface area is 125 Å². The Morgan fingerprint density at radius 1 is 1.43 bits per heavy atom. The summed E-state index contributed by atoms with van der Waals surface area (Å²) < 4.78 is 18.9. The van der Waals surface area contributed by atoms with Gasteiger partial charge in [0.2, 0.25) is 0 Å². The first kappa shape index (κ1) is 17.4. The number of nitrogens with one attached hydrogen (secondary N) is 1. The Hall–Kier alpha value is -1.62. The van der Waals surface area contributed by atoms with Crippen LogP contribution in [-0.2, 0) is 4.79 Å². The van der Waals surface area contributed by atoms with Crippen molar-refractivity contribution >= 4 is 5.91 Å². The molecule has 1 aromatic rings. The molecule has 1 amide bonds. The number of nitrogens with two attached hydrogens (primary N) is 1. The zero-order chi connectivity index (χ0) is 16.2. The van der Waals surface area contributed by atoms with E-state index in [-0.39, 0.29) is 23.3 Å². The van der Waals surface area contributed by atoms with Crippen LogP contribution in [0.3, 0.4) is 0 Å². The van der Waals surface area contributed by atoms with Crippen molar-refractivity contribution < 1.29 is 13.9 Å². The van der Waals surface area contributed by atoms with Gasteiger partial charge in [-0.05, 0) is 52.3 Å². The Morgan fingerprint density at radius 3 is 2.57 bits per heavy atom. The van der Waals surface area contributed by atoms with Crippen molar-refractivity contribution in [1.29, 1.82) is 0 Å². The van der Waals surface area contributed by atoms with E-state index in [9.17, 15) is 9.18 Å². The van der Waals surface area contributed by atoms with E-state index >= 15 is 0 Å². The van der Waals surface area contributed by atoms with Gasteiger partial charge in [-0.2, -0.15) is 0 Å². The number of hydrogen-bond acceptors (Lipinski definition) is 3. The summed E-state index contributed by atoms with van der Waals surface area (Å²) in [6.07, 6.45) is 0.131. The minimum atomic E-state index is -0.682. The monoisotopic (exact) mass is 296 g/mol. The molecule has 0 saturated carbocycles. The molecule has 1 rings (SSSR count). The Balaban J connectivity index is 2.84. The normalized spacial score (nSPS) is 14.4. The lowest BCUT2D eigenvalue weighted by atomic mass is 10.0. The lowest BCUT2D eigenvalue weighted by Gasteiger charge is -2.27. The van der Waals surface area contributed by atoms with Crippen LogP contribution in [0.5, 0.6) is 5.75 Å². The quantitative estimate of drug-likeness (QED) is 0.848. The summed E-state index contributed by atoms with van der Waals surface area (Å²) in [5.74, 6) is -0.149. The number of rotatable bonds is 6. The van der Waals surface area contributed by atoms with Gasteiger partial charge in [0.25, 0.3) is 5.91 Å². The summed E-state index contributed by atoms with van der Waals surface area (Å²) in [5.41, 5.74) is 6.07. The third-order valence-corrected chi connectivity index (χ3v) is 3.48. The highest BCUT2D eigenvalue weighted by Crippen LogP contribution is 2.25. The summed E-state index contributed by atoms with van der Waals surface area (Å²) in [6.45, 7) is 9.30. The van der Waals surface area contributed by atoms with Crippen LogP contribution in [0.25, 0.3) is 0 Å². The van der Waals surface area contributed by atoms with Crippen molar-refractivity contribution in [2.24, 2.45) is 5.73 Å². The lowest BCUT2D eigenvalue weighted by molar-refractivity contribution is -0.129. The summed E-state index contributed by atoms with van der Waals surface area (Å²) in [5, 5.41) is 2.92. The minimum Gasteiger partial charge on any atom is -0.481 e. The second-order valence-electron chi connectivity index (χ2n) is 5.96. The molecule has 0 aliphatic carbocycles. The number of hydrogen-bond donors (Lipinski definition) is 2. The maximum absolute atomic E-state index is 13.3. The number of carbonyl (C=O) groups is 1. The molecule has 5 heteroatoms. The Morgan fingerprint density at radius 2 is 2.05 bits per heavy atom. The van der Waals surface area contributed by atoms with Crippen LogP contribution < -0.4 is 15.8 Å². The molecule has 118 valence electrons. The van der Waals surface area contributed by atoms with Crippen LogP contribution in [0.15, 0.2) is 18.2 Å². The molecule has 0 radical (unpaired) electrons. The van der Waals surface area contributed by atoms with Gasteiger partial charge in [-0.3, -0.25) is 4.79 Å². The summed E-state index contributed by atoms with van der Waals surface area (Å²) in [4.78, 5) is 12.1. The molecule has 0 bridgehead atoms. The van der Waals surface area contributed by atoms with E-state index in [0.717, 1.165) is 6.42 Å². The van der Waals surface area contributed by atoms with Gasteiger partial charge < -0.3 is 15.8 Å². The van der Waals surface area contributed by atoms with E-state index < -0.39 is 6.10 Å². The van der Waals surface area contributed by atoms with E-state index in [1.165, 1.54) is 18.2 Å². The molecular formula is C16H25FN2O2. The maximum Gasteiger partial charge on any atom is 0.261 e. The van der Waals surface area contributed by atoms with Gasteiger partial charge in [0, 0.05) is 17.1 Å². The fraction of sp³-hybridized carbons (Fsp3) is 0.562. The average Bonchev–Trinajstić information content (AvgIpc) is 2.40. The van der Waals surface area contributed by atoms with Crippen LogP contribution in [0.2, 0.25) is 0 Å². The molecule has 0 spiro atoms. The molecule has 0 fully saturated rings. The van der Waals surface area contributed by atoms with E-state index in [4.69, 9.17) is 10.5 Å². The zero-order valence-electron chi connectivity index (χ0n) is 13.4. The van der Waals surface area contributed by atoms with Gasteiger partial charge in [0.15, 0.2) is 6.10 Å². The smallest absolute Gasteiger partial charge is 0.261 e. The standard InChI is InChI=1S/C16H25FN2O2/c1-6-16(4,5)19-15(20)11(3)21-14-8-7-12(17)9-13(14)10(2)18/h7-11H,6,18H2,1-5H3,(H,19,20)/t10-,11?/m0/s1. The molecule has 1 aromatic carbocycles. The summed E-state index contributed by atoms with van der Waals surface area (Å²) >= 11 is 0.